The Morgan fingerprint density at radius 1 is 1.00 bits per heavy atom. The molecule has 0 bridgehead atoms. The molecular weight excluding hydrogens is 360 g/mol. The molecule has 1 N–H and O–H groups in total. The Morgan fingerprint density at radius 2 is 1.70 bits per heavy atom. The first-order valence-corrected chi connectivity index (χ1v) is 9.09. The zero-order chi connectivity index (χ0) is 19.0. The summed E-state index contributed by atoms with van der Waals surface area (Å²) in [7, 11) is 1.70. The second kappa shape index (κ2) is 7.06. The molecule has 4 nitrogen and oxygen atoms in total. The van der Waals surface area contributed by atoms with Gasteiger partial charge in [-0.3, -0.25) is 4.79 Å². The Labute approximate surface area is 161 Å². The number of rotatable bonds is 4. The largest absolute Gasteiger partial charge is 0.390 e. The molecule has 4 aromatic rings. The van der Waals surface area contributed by atoms with E-state index in [1.54, 1.807) is 7.05 Å². The summed E-state index contributed by atoms with van der Waals surface area (Å²) < 4.78 is 3.50. The second-order valence-corrected chi connectivity index (χ2v) is 6.98. The number of aliphatic hydroxyl groups excluding tert-OH is 1. The SMILES string of the molecule is Cn1c(CO)c(-c2ccc(Cl)cc2)c2ccn(Cc3ccccc3)c2c1=O. The minimum atomic E-state index is -0.219. The highest BCUT2D eigenvalue weighted by Gasteiger charge is 2.18. The van der Waals surface area contributed by atoms with E-state index in [0.29, 0.717) is 22.8 Å². The van der Waals surface area contributed by atoms with Crippen molar-refractivity contribution in [2.24, 2.45) is 7.05 Å². The van der Waals surface area contributed by atoms with Crippen LogP contribution in [-0.2, 0) is 20.2 Å². The first kappa shape index (κ1) is 17.6. The Kier molecular flexibility index (Phi) is 4.60. The van der Waals surface area contributed by atoms with Crippen molar-refractivity contribution in [1.82, 2.24) is 9.13 Å². The van der Waals surface area contributed by atoms with Crippen molar-refractivity contribution < 1.29 is 5.11 Å². The molecule has 2 aromatic carbocycles. The Bertz CT molecular complexity index is 1160. The van der Waals surface area contributed by atoms with Crippen LogP contribution in [0.5, 0.6) is 0 Å². The van der Waals surface area contributed by atoms with Crippen LogP contribution in [-0.4, -0.2) is 14.2 Å². The van der Waals surface area contributed by atoms with Crippen LogP contribution in [0.15, 0.2) is 71.7 Å². The van der Waals surface area contributed by atoms with Crippen LogP contribution in [0.1, 0.15) is 11.3 Å². The third kappa shape index (κ3) is 3.07. The predicted octanol–water partition coefficient (Wildman–Crippen LogP) is 4.20. The lowest BCUT2D eigenvalue weighted by Gasteiger charge is -2.15. The van der Waals surface area contributed by atoms with Gasteiger partial charge >= 0.3 is 0 Å². The van der Waals surface area contributed by atoms with Crippen LogP contribution >= 0.6 is 11.6 Å². The molecule has 0 saturated heterocycles. The molecule has 2 heterocycles. The van der Waals surface area contributed by atoms with Gasteiger partial charge < -0.3 is 14.2 Å². The van der Waals surface area contributed by atoms with E-state index in [2.05, 4.69) is 0 Å². The van der Waals surface area contributed by atoms with Gasteiger partial charge in [0.15, 0.2) is 0 Å². The van der Waals surface area contributed by atoms with Crippen LogP contribution in [0.4, 0.5) is 0 Å². The molecule has 0 saturated carbocycles. The van der Waals surface area contributed by atoms with Gasteiger partial charge in [-0.25, -0.2) is 0 Å². The highest BCUT2D eigenvalue weighted by atomic mass is 35.5. The molecule has 0 atom stereocenters. The summed E-state index contributed by atoms with van der Waals surface area (Å²) in [5.41, 5.74) is 4.00. The number of halogens is 1. The first-order valence-electron chi connectivity index (χ1n) is 8.71. The van der Waals surface area contributed by atoms with Crippen molar-refractivity contribution >= 4 is 22.5 Å². The van der Waals surface area contributed by atoms with Gasteiger partial charge in [0.2, 0.25) is 0 Å². The van der Waals surface area contributed by atoms with E-state index in [1.165, 1.54) is 4.57 Å². The van der Waals surface area contributed by atoms with Crippen LogP contribution in [0.25, 0.3) is 22.0 Å². The van der Waals surface area contributed by atoms with E-state index in [-0.39, 0.29) is 12.2 Å². The smallest absolute Gasteiger partial charge is 0.275 e. The van der Waals surface area contributed by atoms with Crippen molar-refractivity contribution in [3.05, 3.63) is 93.5 Å². The molecule has 0 amide bonds. The molecule has 0 unspecified atom stereocenters. The molecule has 5 heteroatoms. The van der Waals surface area contributed by atoms with Crippen LogP contribution < -0.4 is 5.56 Å². The van der Waals surface area contributed by atoms with Gasteiger partial charge in [0.05, 0.1) is 12.3 Å². The van der Waals surface area contributed by atoms with Gasteiger partial charge in [-0.1, -0.05) is 54.1 Å². The molecule has 0 aliphatic carbocycles. The molecule has 0 spiro atoms. The number of pyridine rings is 1. The lowest BCUT2D eigenvalue weighted by atomic mass is 10.00. The summed E-state index contributed by atoms with van der Waals surface area (Å²) in [6, 6.07) is 19.4. The maximum absolute atomic E-state index is 13.0. The number of nitrogens with zero attached hydrogens (tertiary/aromatic N) is 2. The number of hydrogen-bond donors (Lipinski definition) is 1. The van der Waals surface area contributed by atoms with E-state index in [4.69, 9.17) is 11.6 Å². The lowest BCUT2D eigenvalue weighted by molar-refractivity contribution is 0.272. The second-order valence-electron chi connectivity index (χ2n) is 6.54. The third-order valence-corrected chi connectivity index (χ3v) is 5.16. The maximum Gasteiger partial charge on any atom is 0.275 e. The monoisotopic (exact) mass is 378 g/mol. The van der Waals surface area contributed by atoms with Gasteiger partial charge in [0.1, 0.15) is 5.52 Å². The number of aliphatic hydroxyl groups is 1. The van der Waals surface area contributed by atoms with E-state index in [0.717, 1.165) is 22.1 Å². The highest BCUT2D eigenvalue weighted by Crippen LogP contribution is 2.32. The lowest BCUT2D eigenvalue weighted by Crippen LogP contribution is -2.23. The Morgan fingerprint density at radius 3 is 2.37 bits per heavy atom. The van der Waals surface area contributed by atoms with Crippen LogP contribution in [0.3, 0.4) is 0 Å². The average molecular weight is 379 g/mol. The molecule has 0 radical (unpaired) electrons. The number of hydrogen-bond acceptors (Lipinski definition) is 2. The minimum Gasteiger partial charge on any atom is -0.390 e. The van der Waals surface area contributed by atoms with E-state index in [9.17, 15) is 9.90 Å². The first-order chi connectivity index (χ1) is 13.1. The number of benzene rings is 2. The molecule has 136 valence electrons. The highest BCUT2D eigenvalue weighted by molar-refractivity contribution is 6.30. The van der Waals surface area contributed by atoms with Crippen molar-refractivity contribution in [2.75, 3.05) is 0 Å². The predicted molar refractivity (Wildman–Crippen MR) is 109 cm³/mol. The van der Waals surface area contributed by atoms with Crippen molar-refractivity contribution in [2.45, 2.75) is 13.2 Å². The van der Waals surface area contributed by atoms with Crippen LogP contribution in [0, 0.1) is 0 Å². The number of aromatic nitrogens is 2. The molecule has 2 aromatic heterocycles. The molecule has 0 aliphatic rings. The standard InChI is InChI=1S/C22H19ClN2O2/c1-24-19(14-26)20(16-7-9-17(23)10-8-16)18-11-12-25(21(18)22(24)27)13-15-5-3-2-4-6-15/h2-12,26H,13-14H2,1H3. The molecule has 0 fully saturated rings. The van der Waals surface area contributed by atoms with Crippen molar-refractivity contribution in [3.8, 4) is 11.1 Å². The average Bonchev–Trinajstić information content (AvgIpc) is 3.09. The minimum absolute atomic E-state index is 0.118. The molecule has 0 aliphatic heterocycles. The van der Waals surface area contributed by atoms with E-state index in [1.807, 2.05) is 71.4 Å². The molecular formula is C22H19ClN2O2. The van der Waals surface area contributed by atoms with E-state index < -0.39 is 0 Å². The van der Waals surface area contributed by atoms with Gasteiger partial charge in [0, 0.05) is 35.8 Å². The third-order valence-electron chi connectivity index (χ3n) is 4.91. The van der Waals surface area contributed by atoms with Gasteiger partial charge in [0.25, 0.3) is 5.56 Å². The summed E-state index contributed by atoms with van der Waals surface area (Å²) in [6.45, 7) is 0.390. The van der Waals surface area contributed by atoms with Gasteiger partial charge in [-0.05, 0) is 29.3 Å². The van der Waals surface area contributed by atoms with Crippen molar-refractivity contribution in [1.29, 1.82) is 0 Å². The zero-order valence-corrected chi connectivity index (χ0v) is 15.6. The summed E-state index contributed by atoms with van der Waals surface area (Å²) in [5.74, 6) is 0. The summed E-state index contributed by atoms with van der Waals surface area (Å²) >= 11 is 6.03. The Hall–Kier alpha value is -2.82. The van der Waals surface area contributed by atoms with Gasteiger partial charge in [-0.15, -0.1) is 0 Å². The fourth-order valence-electron chi connectivity index (χ4n) is 3.55. The van der Waals surface area contributed by atoms with Gasteiger partial charge in [-0.2, -0.15) is 0 Å². The summed E-state index contributed by atoms with van der Waals surface area (Å²) in [4.78, 5) is 13.0. The summed E-state index contributed by atoms with van der Waals surface area (Å²) in [6.07, 6.45) is 1.93. The zero-order valence-electron chi connectivity index (χ0n) is 14.9. The number of fused-ring (bicyclic) bond motifs is 1. The Balaban J connectivity index is 1.99. The topological polar surface area (TPSA) is 47.2 Å². The maximum atomic E-state index is 13.0. The summed E-state index contributed by atoms with van der Waals surface area (Å²) in [5, 5.41) is 11.4. The quantitative estimate of drug-likeness (QED) is 0.578. The van der Waals surface area contributed by atoms with E-state index >= 15 is 0 Å². The van der Waals surface area contributed by atoms with Crippen molar-refractivity contribution in [3.63, 3.8) is 0 Å². The molecule has 27 heavy (non-hydrogen) atoms. The fourth-order valence-corrected chi connectivity index (χ4v) is 3.68. The normalized spacial score (nSPS) is 11.2. The molecule has 4 rings (SSSR count). The van der Waals surface area contributed by atoms with Crippen LogP contribution in [0.2, 0.25) is 5.02 Å². The fraction of sp³-hybridized carbons (Fsp3) is 0.136.